The van der Waals surface area contributed by atoms with E-state index in [1.54, 1.807) is 0 Å². The van der Waals surface area contributed by atoms with Crippen LogP contribution in [0.1, 0.15) is 25.3 Å². The molecule has 1 aromatic heterocycles. The molecule has 0 saturated heterocycles. The number of allylic oxidation sites excluding steroid dienone is 6. The van der Waals surface area contributed by atoms with Gasteiger partial charge in [0.25, 0.3) is 5.52 Å². The first-order valence-corrected chi connectivity index (χ1v) is 10.00. The van der Waals surface area contributed by atoms with Crippen molar-refractivity contribution >= 4 is 22.9 Å². The highest BCUT2D eigenvalue weighted by Crippen LogP contribution is 2.32. The SMILES string of the molecule is CCc1cccc2oc(C=CC=CC=CC=C3Nc4ccccc4O3)[n+](CC)c12.[I-]. The van der Waals surface area contributed by atoms with Crippen molar-refractivity contribution in [2.45, 2.75) is 26.8 Å². The van der Waals surface area contributed by atoms with Gasteiger partial charge in [0.2, 0.25) is 5.58 Å². The van der Waals surface area contributed by atoms with Crippen LogP contribution >= 0.6 is 0 Å². The number of hydrogen-bond acceptors (Lipinski definition) is 3. The molecule has 0 spiro atoms. The van der Waals surface area contributed by atoms with Crippen molar-refractivity contribution in [2.75, 3.05) is 5.32 Å². The van der Waals surface area contributed by atoms with E-state index in [1.165, 1.54) is 11.1 Å². The second-order valence-corrected chi connectivity index (χ2v) is 6.69. The number of aryl methyl sites for hydroxylation is 2. The third-order valence-electron chi connectivity index (χ3n) is 4.83. The van der Waals surface area contributed by atoms with E-state index in [9.17, 15) is 0 Å². The predicted octanol–water partition coefficient (Wildman–Crippen LogP) is 2.78. The highest BCUT2D eigenvalue weighted by molar-refractivity contribution is 5.74. The Balaban J connectivity index is 0.00000256. The molecule has 0 saturated carbocycles. The minimum atomic E-state index is 0. The molecule has 2 aromatic carbocycles. The van der Waals surface area contributed by atoms with E-state index >= 15 is 0 Å². The molecule has 4 rings (SSSR count). The van der Waals surface area contributed by atoms with Crippen LogP contribution in [-0.2, 0) is 13.0 Å². The van der Waals surface area contributed by atoms with Crippen molar-refractivity contribution in [1.29, 1.82) is 0 Å². The summed E-state index contributed by atoms with van der Waals surface area (Å²) in [6.45, 7) is 5.19. The maximum atomic E-state index is 6.05. The minimum Gasteiger partial charge on any atom is -1.00 e. The molecule has 1 N–H and O–H groups in total. The van der Waals surface area contributed by atoms with E-state index in [-0.39, 0.29) is 24.0 Å². The fourth-order valence-electron chi connectivity index (χ4n) is 3.44. The maximum Gasteiger partial charge on any atom is 0.374 e. The van der Waals surface area contributed by atoms with Crippen molar-refractivity contribution in [1.82, 2.24) is 0 Å². The maximum absolute atomic E-state index is 6.05. The van der Waals surface area contributed by atoms with Crippen LogP contribution in [-0.4, -0.2) is 0 Å². The lowest BCUT2D eigenvalue weighted by atomic mass is 10.1. The van der Waals surface area contributed by atoms with Crippen molar-refractivity contribution < 1.29 is 37.7 Å². The topological polar surface area (TPSA) is 38.3 Å². The van der Waals surface area contributed by atoms with Crippen LogP contribution in [0.4, 0.5) is 5.69 Å². The van der Waals surface area contributed by atoms with Gasteiger partial charge in [-0.3, -0.25) is 0 Å². The highest BCUT2D eigenvalue weighted by atomic mass is 127. The second kappa shape index (κ2) is 10.3. The van der Waals surface area contributed by atoms with Crippen LogP contribution < -0.4 is 38.6 Å². The van der Waals surface area contributed by atoms with Crippen LogP contribution in [0.3, 0.4) is 0 Å². The highest BCUT2D eigenvalue weighted by Gasteiger charge is 2.21. The fourth-order valence-corrected chi connectivity index (χ4v) is 3.44. The summed E-state index contributed by atoms with van der Waals surface area (Å²) in [6.07, 6.45) is 14.8. The Labute approximate surface area is 194 Å². The molecule has 0 atom stereocenters. The molecule has 3 aromatic rings. The molecule has 154 valence electrons. The van der Waals surface area contributed by atoms with E-state index < -0.39 is 0 Å². The third kappa shape index (κ3) is 4.67. The zero-order valence-electron chi connectivity index (χ0n) is 17.1. The lowest BCUT2D eigenvalue weighted by Crippen LogP contribution is -3.00. The van der Waals surface area contributed by atoms with Gasteiger partial charge in [0.15, 0.2) is 11.6 Å². The van der Waals surface area contributed by atoms with Gasteiger partial charge in [0.05, 0.1) is 11.8 Å². The molecular weight excluding hydrogens is 487 g/mol. The molecule has 5 heteroatoms. The molecule has 1 aliphatic heterocycles. The second-order valence-electron chi connectivity index (χ2n) is 6.69. The van der Waals surface area contributed by atoms with Gasteiger partial charge in [0.1, 0.15) is 6.54 Å². The number of oxazole rings is 1. The number of nitrogens with zero attached hydrogens (tertiary/aromatic N) is 1. The summed E-state index contributed by atoms with van der Waals surface area (Å²) in [5, 5.41) is 3.23. The number of aromatic nitrogens is 1. The molecule has 30 heavy (non-hydrogen) atoms. The van der Waals surface area contributed by atoms with Gasteiger partial charge in [0, 0.05) is 5.56 Å². The Morgan fingerprint density at radius 3 is 2.53 bits per heavy atom. The number of nitrogens with one attached hydrogen (secondary N) is 1. The summed E-state index contributed by atoms with van der Waals surface area (Å²) >= 11 is 0. The number of rotatable bonds is 6. The summed E-state index contributed by atoms with van der Waals surface area (Å²) in [5.41, 5.74) is 4.43. The van der Waals surface area contributed by atoms with Crippen LogP contribution in [0.15, 0.2) is 89.2 Å². The smallest absolute Gasteiger partial charge is 0.374 e. The minimum absolute atomic E-state index is 0. The van der Waals surface area contributed by atoms with Gasteiger partial charge in [-0.15, -0.1) is 0 Å². The number of ether oxygens (including phenoxy) is 1. The largest absolute Gasteiger partial charge is 1.00 e. The van der Waals surface area contributed by atoms with Gasteiger partial charge >= 0.3 is 5.89 Å². The monoisotopic (exact) mass is 512 g/mol. The zero-order chi connectivity index (χ0) is 20.1. The Morgan fingerprint density at radius 2 is 1.73 bits per heavy atom. The number of benzene rings is 2. The summed E-state index contributed by atoms with van der Waals surface area (Å²) < 4.78 is 14.0. The van der Waals surface area contributed by atoms with Crippen LogP contribution in [0.2, 0.25) is 0 Å². The summed E-state index contributed by atoms with van der Waals surface area (Å²) in [4.78, 5) is 0. The van der Waals surface area contributed by atoms with E-state index in [4.69, 9.17) is 9.15 Å². The standard InChI is InChI=1S/C25H24N2O2.HI/c1-3-19-13-12-16-22-25(19)27(4-2)24(29-22)18-9-7-5-6-8-17-23-26-20-14-10-11-15-21(20)28-23;/h5-18H,3-4H2,1-2H3;1H. The van der Waals surface area contributed by atoms with Crippen molar-refractivity contribution in [3.63, 3.8) is 0 Å². The zero-order valence-corrected chi connectivity index (χ0v) is 19.3. The summed E-state index contributed by atoms with van der Waals surface area (Å²) in [7, 11) is 0. The number of fused-ring (bicyclic) bond motifs is 2. The van der Waals surface area contributed by atoms with Crippen molar-refractivity contribution in [3.05, 3.63) is 96.3 Å². The molecular formula is C25H25IN2O2. The van der Waals surface area contributed by atoms with Gasteiger partial charge in [-0.1, -0.05) is 61.6 Å². The summed E-state index contributed by atoms with van der Waals surface area (Å²) in [5.74, 6) is 2.44. The third-order valence-corrected chi connectivity index (χ3v) is 4.83. The first kappa shape index (κ1) is 21.9. The van der Waals surface area contributed by atoms with Crippen LogP contribution in [0.5, 0.6) is 5.75 Å². The molecule has 0 unspecified atom stereocenters. The van der Waals surface area contributed by atoms with Gasteiger partial charge in [-0.05, 0) is 37.6 Å². The summed E-state index contributed by atoms with van der Waals surface area (Å²) in [6, 6.07) is 14.1. The predicted molar refractivity (Wildman–Crippen MR) is 118 cm³/mol. The molecule has 0 fully saturated rings. The molecule has 0 radical (unpaired) electrons. The van der Waals surface area contributed by atoms with Gasteiger partial charge < -0.3 is 38.4 Å². The molecule has 1 aliphatic rings. The lowest BCUT2D eigenvalue weighted by Gasteiger charge is -1.95. The van der Waals surface area contributed by atoms with Crippen LogP contribution in [0, 0.1) is 0 Å². The normalized spacial score (nSPS) is 14.5. The Hall–Kier alpha value is -2.80. The Morgan fingerprint density at radius 1 is 0.933 bits per heavy atom. The number of halogens is 1. The average molecular weight is 512 g/mol. The van der Waals surface area contributed by atoms with E-state index in [1.807, 2.05) is 72.9 Å². The van der Waals surface area contributed by atoms with Crippen LogP contribution in [0.25, 0.3) is 17.2 Å². The Bertz CT molecular complexity index is 1110. The molecule has 0 amide bonds. The van der Waals surface area contributed by atoms with Crippen molar-refractivity contribution in [2.24, 2.45) is 0 Å². The number of hydrogen-bond donors (Lipinski definition) is 1. The first-order valence-electron chi connectivity index (χ1n) is 10.00. The van der Waals surface area contributed by atoms with Gasteiger partial charge in [-0.2, -0.15) is 4.57 Å². The molecule has 0 aliphatic carbocycles. The van der Waals surface area contributed by atoms with E-state index in [0.29, 0.717) is 0 Å². The average Bonchev–Trinajstić information content (AvgIpc) is 3.33. The van der Waals surface area contributed by atoms with E-state index in [0.717, 1.165) is 41.8 Å². The van der Waals surface area contributed by atoms with E-state index in [2.05, 4.69) is 35.9 Å². The van der Waals surface area contributed by atoms with Crippen molar-refractivity contribution in [3.8, 4) is 5.75 Å². The van der Waals surface area contributed by atoms with Gasteiger partial charge in [-0.25, -0.2) is 0 Å². The number of anilines is 1. The lowest BCUT2D eigenvalue weighted by molar-refractivity contribution is -0.674. The molecule has 2 heterocycles. The fraction of sp³-hybridized carbons (Fsp3) is 0.160. The Kier molecular flexibility index (Phi) is 7.52. The first-order chi connectivity index (χ1) is 14.3. The quantitative estimate of drug-likeness (QED) is 0.314. The number of para-hydroxylation sites is 3. The molecule has 4 nitrogen and oxygen atoms in total. The molecule has 0 bridgehead atoms.